The first-order chi connectivity index (χ1) is 10.6. The summed E-state index contributed by atoms with van der Waals surface area (Å²) in [4.78, 5) is 11.2. The monoisotopic (exact) mass is 344 g/mol. The molecule has 0 bridgehead atoms. The van der Waals surface area contributed by atoms with Crippen molar-refractivity contribution in [3.05, 3.63) is 29.5 Å². The zero-order valence-corrected chi connectivity index (χ0v) is 14.3. The number of fused-ring (bicyclic) bond motifs is 1. The van der Waals surface area contributed by atoms with Crippen LogP contribution in [0.25, 0.3) is 10.9 Å². The van der Waals surface area contributed by atoms with Crippen LogP contribution in [0.1, 0.15) is 15.9 Å². The molecule has 0 unspecified atom stereocenters. The molecule has 23 heavy (non-hydrogen) atoms. The summed E-state index contributed by atoms with van der Waals surface area (Å²) in [5, 5.41) is 4.31. The summed E-state index contributed by atoms with van der Waals surface area (Å²) in [6, 6.07) is 2.81. The minimum absolute atomic E-state index is 0.0406. The molecule has 0 atom stereocenters. The van der Waals surface area contributed by atoms with Crippen LogP contribution in [-0.2, 0) is 17.6 Å². The van der Waals surface area contributed by atoms with E-state index >= 15 is 0 Å². The molecule has 2 rings (SSSR count). The van der Waals surface area contributed by atoms with Crippen molar-refractivity contribution in [2.75, 3.05) is 6.61 Å². The highest BCUT2D eigenvalue weighted by Gasteiger charge is 2.31. The van der Waals surface area contributed by atoms with Crippen LogP contribution >= 0.6 is 0 Å². The number of carbonyl (C=O) groups excluding carboxylic acids is 1. The minimum Gasteiger partial charge on any atom is -0.360 e. The van der Waals surface area contributed by atoms with Crippen molar-refractivity contribution in [1.82, 2.24) is 9.78 Å². The lowest BCUT2D eigenvalue weighted by Crippen LogP contribution is -2.22. The van der Waals surface area contributed by atoms with Gasteiger partial charge in [-0.15, -0.1) is 0 Å². The number of alkyl halides is 3. The average molecular weight is 344 g/mol. The molecule has 0 amide bonds. The maximum atomic E-state index is 12.8. The molecule has 0 radical (unpaired) electrons. The number of aldehydes is 1. The maximum absolute atomic E-state index is 12.8. The summed E-state index contributed by atoms with van der Waals surface area (Å²) in [7, 11) is -1.22. The molecule has 1 aromatic carbocycles. The van der Waals surface area contributed by atoms with E-state index < -0.39 is 19.8 Å². The van der Waals surface area contributed by atoms with Crippen molar-refractivity contribution < 1.29 is 22.7 Å². The Morgan fingerprint density at radius 2 is 2.00 bits per heavy atom. The lowest BCUT2D eigenvalue weighted by atomic mass is 10.1. The Balaban J connectivity index is 2.24. The Morgan fingerprint density at radius 1 is 1.30 bits per heavy atom. The molecule has 0 spiro atoms. The second-order valence-corrected chi connectivity index (χ2v) is 12.2. The van der Waals surface area contributed by atoms with E-state index in [9.17, 15) is 18.0 Å². The number of aromatic nitrogens is 2. The Morgan fingerprint density at radius 3 is 2.57 bits per heavy atom. The fraction of sp³-hybridized carbons (Fsp3) is 0.467. The van der Waals surface area contributed by atoms with E-state index in [1.54, 1.807) is 0 Å². The Kier molecular flexibility index (Phi) is 4.95. The van der Waals surface area contributed by atoms with Crippen molar-refractivity contribution in [3.63, 3.8) is 0 Å². The topological polar surface area (TPSA) is 44.1 Å². The molecule has 1 heterocycles. The van der Waals surface area contributed by atoms with Gasteiger partial charge < -0.3 is 4.74 Å². The molecule has 0 aliphatic rings. The zero-order chi connectivity index (χ0) is 17.3. The van der Waals surface area contributed by atoms with Crippen LogP contribution in [0.3, 0.4) is 0 Å². The molecule has 0 saturated carbocycles. The van der Waals surface area contributed by atoms with Gasteiger partial charge in [0.15, 0.2) is 6.29 Å². The molecule has 0 N–H and O–H groups in total. The Labute approximate surface area is 133 Å². The van der Waals surface area contributed by atoms with Crippen molar-refractivity contribution >= 4 is 25.3 Å². The van der Waals surface area contributed by atoms with Crippen molar-refractivity contribution in [2.45, 2.75) is 38.6 Å². The third-order valence-electron chi connectivity index (χ3n) is 3.43. The Hall–Kier alpha value is -1.67. The van der Waals surface area contributed by atoms with E-state index in [1.807, 2.05) is 0 Å². The first-order valence-corrected chi connectivity index (χ1v) is 10.9. The molecule has 8 heteroatoms. The van der Waals surface area contributed by atoms with E-state index in [0.29, 0.717) is 18.4 Å². The smallest absolute Gasteiger partial charge is 0.360 e. The normalized spacial score (nSPS) is 12.8. The van der Waals surface area contributed by atoms with Crippen molar-refractivity contribution in [3.8, 4) is 0 Å². The molecule has 126 valence electrons. The van der Waals surface area contributed by atoms with Gasteiger partial charge in [-0.2, -0.15) is 18.3 Å². The quantitative estimate of drug-likeness (QED) is 0.449. The van der Waals surface area contributed by atoms with Gasteiger partial charge in [-0.05, 0) is 18.2 Å². The Bertz CT molecular complexity index is 705. The standard InChI is InChI=1S/C15H19F3N2O2Si/c1-23(2,3)5-4-22-10-20-14-11(8-19-20)6-13(15(16,17)18)7-12(14)9-21/h6-9H,4-5,10H2,1-3H3. The summed E-state index contributed by atoms with van der Waals surface area (Å²) in [6.45, 7) is 7.35. The maximum Gasteiger partial charge on any atom is 0.416 e. The predicted molar refractivity (Wildman–Crippen MR) is 84.2 cm³/mol. The van der Waals surface area contributed by atoms with E-state index in [-0.39, 0.29) is 17.7 Å². The number of hydrogen-bond acceptors (Lipinski definition) is 3. The number of ether oxygens (including phenoxy) is 1. The SMILES string of the molecule is C[Si](C)(C)CCOCn1ncc2cc(C(F)(F)F)cc(C=O)c21. The number of rotatable bonds is 6. The van der Waals surface area contributed by atoms with Gasteiger partial charge in [0.1, 0.15) is 6.73 Å². The molecular weight excluding hydrogens is 325 g/mol. The summed E-state index contributed by atoms with van der Waals surface area (Å²) in [6.07, 6.45) is -2.76. The van der Waals surface area contributed by atoms with Crippen molar-refractivity contribution in [2.24, 2.45) is 0 Å². The van der Waals surface area contributed by atoms with Gasteiger partial charge in [-0.25, -0.2) is 4.68 Å². The molecule has 0 aliphatic heterocycles. The van der Waals surface area contributed by atoms with Gasteiger partial charge in [0.25, 0.3) is 0 Å². The molecule has 2 aromatic rings. The molecule has 0 aliphatic carbocycles. The van der Waals surface area contributed by atoms with Gasteiger partial charge in [-0.3, -0.25) is 4.79 Å². The van der Waals surface area contributed by atoms with Gasteiger partial charge in [0, 0.05) is 25.6 Å². The van der Waals surface area contributed by atoms with Gasteiger partial charge in [0.05, 0.1) is 17.3 Å². The summed E-state index contributed by atoms with van der Waals surface area (Å²) in [5.74, 6) is 0. The van der Waals surface area contributed by atoms with Crippen LogP contribution in [0.2, 0.25) is 25.7 Å². The molecule has 0 saturated heterocycles. The van der Waals surface area contributed by atoms with Gasteiger partial charge >= 0.3 is 6.18 Å². The average Bonchev–Trinajstić information content (AvgIpc) is 2.84. The third kappa shape index (κ3) is 4.41. The van der Waals surface area contributed by atoms with E-state index in [1.165, 1.54) is 10.9 Å². The lowest BCUT2D eigenvalue weighted by molar-refractivity contribution is -0.137. The minimum atomic E-state index is -4.50. The van der Waals surface area contributed by atoms with Crippen LogP contribution in [0.4, 0.5) is 13.2 Å². The predicted octanol–water partition coefficient (Wildman–Crippen LogP) is 4.18. The zero-order valence-electron chi connectivity index (χ0n) is 13.3. The number of nitrogens with zero attached hydrogens (tertiary/aromatic N) is 2. The molecule has 1 aromatic heterocycles. The van der Waals surface area contributed by atoms with E-state index in [0.717, 1.165) is 18.2 Å². The van der Waals surface area contributed by atoms with Crippen LogP contribution in [0.5, 0.6) is 0 Å². The fourth-order valence-corrected chi connectivity index (χ4v) is 2.90. The van der Waals surface area contributed by atoms with Gasteiger partial charge in [-0.1, -0.05) is 19.6 Å². The first kappa shape index (κ1) is 17.7. The van der Waals surface area contributed by atoms with Crippen molar-refractivity contribution in [1.29, 1.82) is 0 Å². The number of carbonyl (C=O) groups is 1. The second-order valence-electron chi connectivity index (χ2n) is 6.61. The summed E-state index contributed by atoms with van der Waals surface area (Å²) < 4.78 is 45.5. The number of halogens is 3. The molecule has 4 nitrogen and oxygen atoms in total. The third-order valence-corrected chi connectivity index (χ3v) is 5.13. The fourth-order valence-electron chi connectivity index (χ4n) is 2.15. The largest absolute Gasteiger partial charge is 0.416 e. The summed E-state index contributed by atoms with van der Waals surface area (Å²) >= 11 is 0. The second kappa shape index (κ2) is 6.44. The molecular formula is C15H19F3N2O2Si. The number of benzene rings is 1. The van der Waals surface area contributed by atoms with Crippen LogP contribution < -0.4 is 0 Å². The summed E-state index contributed by atoms with van der Waals surface area (Å²) in [5.41, 5.74) is -0.534. The molecule has 0 fully saturated rings. The first-order valence-electron chi connectivity index (χ1n) is 7.21. The number of hydrogen-bond donors (Lipinski definition) is 0. The highest BCUT2D eigenvalue weighted by Crippen LogP contribution is 2.32. The van der Waals surface area contributed by atoms with Crippen LogP contribution in [0.15, 0.2) is 18.3 Å². The lowest BCUT2D eigenvalue weighted by Gasteiger charge is -2.15. The highest BCUT2D eigenvalue weighted by molar-refractivity contribution is 6.76. The van der Waals surface area contributed by atoms with E-state index in [4.69, 9.17) is 4.74 Å². The van der Waals surface area contributed by atoms with Gasteiger partial charge in [0.2, 0.25) is 0 Å². The van der Waals surface area contributed by atoms with Crippen LogP contribution in [0, 0.1) is 0 Å². The van der Waals surface area contributed by atoms with E-state index in [2.05, 4.69) is 24.7 Å². The van der Waals surface area contributed by atoms with Crippen LogP contribution in [-0.4, -0.2) is 30.7 Å². The highest BCUT2D eigenvalue weighted by atomic mass is 28.3.